The summed E-state index contributed by atoms with van der Waals surface area (Å²) in [6.07, 6.45) is 30.9. The van der Waals surface area contributed by atoms with Crippen LogP contribution in [-0.4, -0.2) is 24.4 Å². The number of allylic oxidation sites excluding steroid dienone is 2. The van der Waals surface area contributed by atoms with Gasteiger partial charge in [-0.05, 0) is 37.8 Å². The standard InChI is InChI=1S/C27H52O3/c1-3-5-7-9-11-13-15-17-19-21-23-29-26-27(25-28)30-24-22-20-18-16-14-12-10-8-6-4-2/h21-24,27-28H,3-20,25-26H2,1-2H3. The summed E-state index contributed by atoms with van der Waals surface area (Å²) >= 11 is 0. The van der Waals surface area contributed by atoms with Crippen LogP contribution in [0.1, 0.15) is 129 Å². The van der Waals surface area contributed by atoms with Crippen LogP contribution in [0.15, 0.2) is 24.7 Å². The molecule has 0 saturated carbocycles. The molecule has 0 aromatic heterocycles. The van der Waals surface area contributed by atoms with E-state index >= 15 is 0 Å². The molecule has 3 heteroatoms. The summed E-state index contributed by atoms with van der Waals surface area (Å²) in [6, 6.07) is 0. The molecule has 1 unspecified atom stereocenters. The molecular weight excluding hydrogens is 372 g/mol. The van der Waals surface area contributed by atoms with Crippen LogP contribution in [0.4, 0.5) is 0 Å². The minimum Gasteiger partial charge on any atom is -0.498 e. The SMILES string of the molecule is CCCCCCCCCCC=COCC(CO)OC=CCCCCCCCCCC. The van der Waals surface area contributed by atoms with Crippen molar-refractivity contribution in [1.82, 2.24) is 0 Å². The van der Waals surface area contributed by atoms with Crippen molar-refractivity contribution in [3.8, 4) is 0 Å². The fourth-order valence-electron chi connectivity index (χ4n) is 3.46. The molecule has 1 atom stereocenters. The molecule has 0 aliphatic carbocycles. The summed E-state index contributed by atoms with van der Waals surface area (Å²) in [5.41, 5.74) is 0. The maximum Gasteiger partial charge on any atom is 0.154 e. The van der Waals surface area contributed by atoms with Gasteiger partial charge in [0.15, 0.2) is 6.10 Å². The zero-order valence-electron chi connectivity index (χ0n) is 20.3. The fraction of sp³-hybridized carbons (Fsp3) is 0.852. The van der Waals surface area contributed by atoms with Crippen molar-refractivity contribution in [2.45, 2.75) is 136 Å². The number of ether oxygens (including phenoxy) is 2. The van der Waals surface area contributed by atoms with E-state index < -0.39 is 0 Å². The highest BCUT2D eigenvalue weighted by atomic mass is 16.5. The van der Waals surface area contributed by atoms with Gasteiger partial charge in [-0.25, -0.2) is 0 Å². The topological polar surface area (TPSA) is 38.7 Å². The first-order valence-corrected chi connectivity index (χ1v) is 13.0. The lowest BCUT2D eigenvalue weighted by Gasteiger charge is -2.13. The van der Waals surface area contributed by atoms with E-state index in [1.807, 2.05) is 0 Å². The number of aliphatic hydroxyl groups is 1. The Hall–Kier alpha value is -0.960. The molecule has 0 amide bonds. The fourth-order valence-corrected chi connectivity index (χ4v) is 3.46. The van der Waals surface area contributed by atoms with Crippen molar-refractivity contribution < 1.29 is 14.6 Å². The lowest BCUT2D eigenvalue weighted by Crippen LogP contribution is -2.20. The molecule has 0 spiro atoms. The largest absolute Gasteiger partial charge is 0.498 e. The molecular formula is C27H52O3. The maximum absolute atomic E-state index is 9.40. The van der Waals surface area contributed by atoms with Crippen LogP contribution >= 0.6 is 0 Å². The zero-order chi connectivity index (χ0) is 22.0. The summed E-state index contributed by atoms with van der Waals surface area (Å²) in [5.74, 6) is 0. The van der Waals surface area contributed by atoms with E-state index in [-0.39, 0.29) is 12.7 Å². The first kappa shape index (κ1) is 29.0. The van der Waals surface area contributed by atoms with Crippen LogP contribution in [0, 0.1) is 0 Å². The second kappa shape index (κ2) is 26.1. The summed E-state index contributed by atoms with van der Waals surface area (Å²) < 4.78 is 11.1. The molecule has 0 aromatic carbocycles. The Morgan fingerprint density at radius 3 is 1.50 bits per heavy atom. The third kappa shape index (κ3) is 23.3. The Morgan fingerprint density at radius 2 is 1.03 bits per heavy atom. The Kier molecular flexibility index (Phi) is 25.2. The molecule has 1 N–H and O–H groups in total. The molecule has 0 aliphatic heterocycles. The average Bonchev–Trinajstić information content (AvgIpc) is 2.76. The summed E-state index contributed by atoms with van der Waals surface area (Å²) in [7, 11) is 0. The summed E-state index contributed by atoms with van der Waals surface area (Å²) in [5, 5.41) is 9.40. The van der Waals surface area contributed by atoms with Crippen LogP contribution in [0.2, 0.25) is 0 Å². The van der Waals surface area contributed by atoms with Gasteiger partial charge in [-0.1, -0.05) is 104 Å². The van der Waals surface area contributed by atoms with E-state index in [9.17, 15) is 5.11 Å². The normalized spacial score (nSPS) is 12.8. The van der Waals surface area contributed by atoms with Gasteiger partial charge in [0.25, 0.3) is 0 Å². The third-order valence-corrected chi connectivity index (χ3v) is 5.49. The van der Waals surface area contributed by atoms with E-state index in [2.05, 4.69) is 26.0 Å². The van der Waals surface area contributed by atoms with Crippen molar-refractivity contribution in [2.75, 3.05) is 13.2 Å². The van der Waals surface area contributed by atoms with Crippen molar-refractivity contribution in [1.29, 1.82) is 0 Å². The van der Waals surface area contributed by atoms with Crippen LogP contribution in [0.5, 0.6) is 0 Å². The Balaban J connectivity index is 3.45. The summed E-state index contributed by atoms with van der Waals surface area (Å²) in [6.45, 7) is 4.90. The minimum atomic E-state index is -0.285. The van der Waals surface area contributed by atoms with Gasteiger partial charge in [-0.2, -0.15) is 0 Å². The molecule has 0 aromatic rings. The van der Waals surface area contributed by atoms with Crippen molar-refractivity contribution in [3.05, 3.63) is 24.7 Å². The monoisotopic (exact) mass is 424 g/mol. The molecule has 178 valence electrons. The lowest BCUT2D eigenvalue weighted by molar-refractivity contribution is 0.0260. The highest BCUT2D eigenvalue weighted by molar-refractivity contribution is 4.77. The van der Waals surface area contributed by atoms with Gasteiger partial charge in [0.05, 0.1) is 19.1 Å². The first-order valence-electron chi connectivity index (χ1n) is 13.0. The molecule has 30 heavy (non-hydrogen) atoms. The molecule has 0 aliphatic rings. The Morgan fingerprint density at radius 1 is 0.600 bits per heavy atom. The van der Waals surface area contributed by atoms with Gasteiger partial charge in [0.1, 0.15) is 6.61 Å². The van der Waals surface area contributed by atoms with E-state index in [1.165, 1.54) is 103 Å². The second-order valence-corrected chi connectivity index (χ2v) is 8.54. The van der Waals surface area contributed by atoms with Gasteiger partial charge in [0.2, 0.25) is 0 Å². The molecule has 0 saturated heterocycles. The van der Waals surface area contributed by atoms with Gasteiger partial charge < -0.3 is 14.6 Å². The number of hydrogen-bond acceptors (Lipinski definition) is 3. The number of rotatable bonds is 24. The quantitative estimate of drug-likeness (QED) is 0.125. The van der Waals surface area contributed by atoms with Gasteiger partial charge in [-0.15, -0.1) is 0 Å². The maximum atomic E-state index is 9.40. The van der Waals surface area contributed by atoms with E-state index in [0.717, 1.165) is 12.8 Å². The van der Waals surface area contributed by atoms with Crippen molar-refractivity contribution in [2.24, 2.45) is 0 Å². The van der Waals surface area contributed by atoms with Crippen LogP contribution in [-0.2, 0) is 9.47 Å². The number of hydrogen-bond donors (Lipinski definition) is 1. The predicted molar refractivity (Wildman–Crippen MR) is 131 cm³/mol. The van der Waals surface area contributed by atoms with Gasteiger partial charge in [-0.3, -0.25) is 0 Å². The molecule has 0 fully saturated rings. The summed E-state index contributed by atoms with van der Waals surface area (Å²) in [4.78, 5) is 0. The molecule has 0 radical (unpaired) electrons. The van der Waals surface area contributed by atoms with Crippen LogP contribution in [0.25, 0.3) is 0 Å². The van der Waals surface area contributed by atoms with Crippen LogP contribution in [0.3, 0.4) is 0 Å². The molecule has 0 bridgehead atoms. The average molecular weight is 425 g/mol. The minimum absolute atomic E-state index is 0.0199. The van der Waals surface area contributed by atoms with E-state index in [4.69, 9.17) is 9.47 Å². The highest BCUT2D eigenvalue weighted by Gasteiger charge is 2.05. The third-order valence-electron chi connectivity index (χ3n) is 5.49. The Bertz CT molecular complexity index is 365. The number of unbranched alkanes of at least 4 members (excludes halogenated alkanes) is 16. The molecule has 0 heterocycles. The van der Waals surface area contributed by atoms with Crippen molar-refractivity contribution >= 4 is 0 Å². The van der Waals surface area contributed by atoms with Crippen molar-refractivity contribution in [3.63, 3.8) is 0 Å². The van der Waals surface area contributed by atoms with Crippen LogP contribution < -0.4 is 0 Å². The van der Waals surface area contributed by atoms with E-state index in [1.54, 1.807) is 12.5 Å². The smallest absolute Gasteiger partial charge is 0.154 e. The predicted octanol–water partition coefficient (Wildman–Crippen LogP) is 8.47. The Labute approximate surface area is 188 Å². The van der Waals surface area contributed by atoms with Gasteiger partial charge in [0, 0.05) is 0 Å². The lowest BCUT2D eigenvalue weighted by atomic mass is 10.1. The number of aliphatic hydroxyl groups excluding tert-OH is 1. The second-order valence-electron chi connectivity index (χ2n) is 8.54. The molecule has 0 rings (SSSR count). The first-order chi connectivity index (χ1) is 14.8. The highest BCUT2D eigenvalue weighted by Crippen LogP contribution is 2.11. The van der Waals surface area contributed by atoms with E-state index in [0.29, 0.717) is 6.61 Å². The zero-order valence-corrected chi connectivity index (χ0v) is 20.3. The molecule has 3 nitrogen and oxygen atoms in total. The van der Waals surface area contributed by atoms with Gasteiger partial charge >= 0.3 is 0 Å².